The molecule has 0 saturated carbocycles. The number of thiocarbonyl (C=S) groups is 1. The van der Waals surface area contributed by atoms with Crippen molar-refractivity contribution in [1.29, 1.82) is 0 Å². The molecule has 17 heavy (non-hydrogen) atoms. The summed E-state index contributed by atoms with van der Waals surface area (Å²) in [7, 11) is 2.03. The lowest BCUT2D eigenvalue weighted by Gasteiger charge is -2.16. The molecule has 0 radical (unpaired) electrons. The Labute approximate surface area is 108 Å². The van der Waals surface area contributed by atoms with Crippen molar-refractivity contribution in [3.63, 3.8) is 0 Å². The molecule has 0 atom stereocenters. The van der Waals surface area contributed by atoms with E-state index in [4.69, 9.17) is 18.0 Å². The van der Waals surface area contributed by atoms with Gasteiger partial charge < -0.3 is 10.6 Å². The summed E-state index contributed by atoms with van der Waals surface area (Å²) in [6.45, 7) is 3.88. The van der Waals surface area contributed by atoms with E-state index in [9.17, 15) is 4.39 Å². The topological polar surface area (TPSA) is 29.3 Å². The fourth-order valence-electron chi connectivity index (χ4n) is 1.70. The molecule has 4 heteroatoms. The maximum absolute atomic E-state index is 13.4. The number of hydrogen-bond donors (Lipinski definition) is 1. The molecule has 0 amide bonds. The van der Waals surface area contributed by atoms with Crippen LogP contribution in [0.3, 0.4) is 0 Å². The Kier molecular flexibility index (Phi) is 5.51. The van der Waals surface area contributed by atoms with E-state index in [2.05, 4.69) is 11.8 Å². The first kappa shape index (κ1) is 14.1. The van der Waals surface area contributed by atoms with Crippen LogP contribution in [-0.2, 0) is 6.54 Å². The third-order valence-corrected chi connectivity index (χ3v) is 2.82. The second-order valence-corrected chi connectivity index (χ2v) is 4.74. The predicted molar refractivity (Wildman–Crippen MR) is 73.5 cm³/mol. The fourth-order valence-corrected chi connectivity index (χ4v) is 1.82. The van der Waals surface area contributed by atoms with Crippen molar-refractivity contribution in [1.82, 2.24) is 4.90 Å². The lowest BCUT2D eigenvalue weighted by Crippen LogP contribution is -2.19. The largest absolute Gasteiger partial charge is 0.389 e. The van der Waals surface area contributed by atoms with Crippen molar-refractivity contribution in [3.8, 4) is 0 Å². The molecule has 0 unspecified atom stereocenters. The summed E-state index contributed by atoms with van der Waals surface area (Å²) in [5.41, 5.74) is 7.02. The van der Waals surface area contributed by atoms with Crippen molar-refractivity contribution < 1.29 is 4.39 Å². The average Bonchev–Trinajstić information content (AvgIpc) is 2.25. The summed E-state index contributed by atoms with van der Waals surface area (Å²) < 4.78 is 13.4. The molecular weight excluding hydrogens is 235 g/mol. The Hall–Kier alpha value is -1.00. The minimum absolute atomic E-state index is 0.238. The molecule has 1 aromatic carbocycles. The average molecular weight is 254 g/mol. The number of hydrogen-bond acceptors (Lipinski definition) is 2. The predicted octanol–water partition coefficient (Wildman–Crippen LogP) is 2.69. The van der Waals surface area contributed by atoms with Gasteiger partial charge >= 0.3 is 0 Å². The first-order chi connectivity index (χ1) is 8.02. The van der Waals surface area contributed by atoms with Crippen LogP contribution in [0, 0.1) is 5.82 Å². The van der Waals surface area contributed by atoms with Crippen LogP contribution in [0.4, 0.5) is 4.39 Å². The van der Waals surface area contributed by atoms with Crippen LogP contribution < -0.4 is 5.73 Å². The third kappa shape index (κ3) is 4.79. The molecule has 2 nitrogen and oxygen atoms in total. The summed E-state index contributed by atoms with van der Waals surface area (Å²) in [5, 5.41) is 0. The zero-order chi connectivity index (χ0) is 12.8. The molecule has 0 spiro atoms. The molecule has 0 aliphatic carbocycles. The smallest absolute Gasteiger partial charge is 0.124 e. The summed E-state index contributed by atoms with van der Waals surface area (Å²) in [4.78, 5) is 2.41. The lowest BCUT2D eigenvalue weighted by molar-refractivity contribution is 0.320. The van der Waals surface area contributed by atoms with Crippen LogP contribution in [0.25, 0.3) is 0 Å². The third-order valence-electron chi connectivity index (χ3n) is 2.59. The van der Waals surface area contributed by atoms with Gasteiger partial charge in [-0.05, 0) is 43.8 Å². The number of rotatable bonds is 6. The number of nitrogens with zero attached hydrogens (tertiary/aromatic N) is 1. The zero-order valence-electron chi connectivity index (χ0n) is 10.4. The molecule has 0 aromatic heterocycles. The Bertz CT molecular complexity index is 393. The SMILES string of the molecule is CCCCN(C)Cc1cc(F)cc(C(N)=S)c1. The van der Waals surface area contributed by atoms with E-state index in [-0.39, 0.29) is 10.8 Å². The molecule has 0 bridgehead atoms. The van der Waals surface area contributed by atoms with E-state index in [1.165, 1.54) is 12.1 Å². The highest BCUT2D eigenvalue weighted by Gasteiger charge is 2.05. The molecule has 2 N–H and O–H groups in total. The molecule has 1 aromatic rings. The van der Waals surface area contributed by atoms with Crippen molar-refractivity contribution in [2.45, 2.75) is 26.3 Å². The summed E-state index contributed by atoms with van der Waals surface area (Å²) >= 11 is 4.86. The molecule has 1 rings (SSSR count). The molecule has 0 aliphatic heterocycles. The van der Waals surface area contributed by atoms with E-state index in [0.29, 0.717) is 12.1 Å². The molecule has 0 aliphatic rings. The second-order valence-electron chi connectivity index (χ2n) is 4.30. The highest BCUT2D eigenvalue weighted by molar-refractivity contribution is 7.80. The maximum atomic E-state index is 13.4. The quantitative estimate of drug-likeness (QED) is 0.791. The van der Waals surface area contributed by atoms with Gasteiger partial charge in [0.05, 0.1) is 0 Å². The van der Waals surface area contributed by atoms with Gasteiger partial charge in [0.1, 0.15) is 10.8 Å². The van der Waals surface area contributed by atoms with Crippen LogP contribution in [0.15, 0.2) is 18.2 Å². The normalized spacial score (nSPS) is 10.8. The Balaban J connectivity index is 2.73. The van der Waals surface area contributed by atoms with Gasteiger partial charge in [-0.2, -0.15) is 0 Å². The Morgan fingerprint density at radius 1 is 1.41 bits per heavy atom. The van der Waals surface area contributed by atoms with Crippen LogP contribution in [0.5, 0.6) is 0 Å². The first-order valence-electron chi connectivity index (χ1n) is 5.80. The van der Waals surface area contributed by atoms with E-state index in [1.54, 1.807) is 0 Å². The molecular formula is C13H19FN2S. The summed E-state index contributed by atoms with van der Waals surface area (Å²) in [6, 6.07) is 4.76. The summed E-state index contributed by atoms with van der Waals surface area (Å²) in [6.07, 6.45) is 2.31. The van der Waals surface area contributed by atoms with Gasteiger partial charge in [0.25, 0.3) is 0 Å². The molecule has 94 valence electrons. The van der Waals surface area contributed by atoms with Gasteiger partial charge in [0.15, 0.2) is 0 Å². The highest BCUT2D eigenvalue weighted by Crippen LogP contribution is 2.11. The molecule has 0 fully saturated rings. The minimum atomic E-state index is -0.283. The first-order valence-corrected chi connectivity index (χ1v) is 6.21. The number of unbranched alkanes of at least 4 members (excludes halogenated alkanes) is 1. The van der Waals surface area contributed by atoms with Crippen molar-refractivity contribution >= 4 is 17.2 Å². The van der Waals surface area contributed by atoms with E-state index in [0.717, 1.165) is 24.9 Å². The lowest BCUT2D eigenvalue weighted by atomic mass is 10.1. The van der Waals surface area contributed by atoms with Gasteiger partial charge in [-0.1, -0.05) is 25.6 Å². The Morgan fingerprint density at radius 3 is 2.71 bits per heavy atom. The number of benzene rings is 1. The molecule has 0 heterocycles. The van der Waals surface area contributed by atoms with Crippen molar-refractivity contribution in [3.05, 3.63) is 35.1 Å². The second kappa shape index (κ2) is 6.67. The van der Waals surface area contributed by atoms with Gasteiger partial charge in [0, 0.05) is 12.1 Å². The van der Waals surface area contributed by atoms with Crippen LogP contribution in [0.2, 0.25) is 0 Å². The monoisotopic (exact) mass is 254 g/mol. The Morgan fingerprint density at radius 2 is 2.12 bits per heavy atom. The summed E-state index contributed by atoms with van der Waals surface area (Å²) in [5.74, 6) is -0.283. The van der Waals surface area contributed by atoms with Crippen LogP contribution in [-0.4, -0.2) is 23.5 Å². The zero-order valence-corrected chi connectivity index (χ0v) is 11.2. The van der Waals surface area contributed by atoms with Crippen molar-refractivity contribution in [2.24, 2.45) is 5.73 Å². The van der Waals surface area contributed by atoms with Crippen LogP contribution >= 0.6 is 12.2 Å². The highest BCUT2D eigenvalue weighted by atomic mass is 32.1. The van der Waals surface area contributed by atoms with E-state index in [1.807, 2.05) is 13.1 Å². The van der Waals surface area contributed by atoms with Crippen molar-refractivity contribution in [2.75, 3.05) is 13.6 Å². The van der Waals surface area contributed by atoms with E-state index >= 15 is 0 Å². The number of halogens is 1. The van der Waals surface area contributed by atoms with Crippen LogP contribution in [0.1, 0.15) is 30.9 Å². The van der Waals surface area contributed by atoms with Gasteiger partial charge in [-0.25, -0.2) is 4.39 Å². The van der Waals surface area contributed by atoms with Gasteiger partial charge in [-0.15, -0.1) is 0 Å². The minimum Gasteiger partial charge on any atom is -0.389 e. The van der Waals surface area contributed by atoms with Gasteiger partial charge in [0.2, 0.25) is 0 Å². The number of nitrogens with two attached hydrogens (primary N) is 1. The van der Waals surface area contributed by atoms with E-state index < -0.39 is 0 Å². The maximum Gasteiger partial charge on any atom is 0.124 e. The molecule has 0 saturated heterocycles. The standard InChI is InChI=1S/C13H19FN2S/c1-3-4-5-16(2)9-10-6-11(13(15)17)8-12(14)7-10/h6-8H,3-5,9H2,1-2H3,(H2,15,17). The fraction of sp³-hybridized carbons (Fsp3) is 0.462. The van der Waals surface area contributed by atoms with Gasteiger partial charge in [-0.3, -0.25) is 0 Å².